The first-order valence-corrected chi connectivity index (χ1v) is 16.3. The van der Waals surface area contributed by atoms with E-state index in [1.54, 1.807) is 0 Å². The van der Waals surface area contributed by atoms with E-state index < -0.39 is 0 Å². The summed E-state index contributed by atoms with van der Waals surface area (Å²) >= 11 is 0. The zero-order valence-corrected chi connectivity index (χ0v) is 26.0. The van der Waals surface area contributed by atoms with Crippen molar-refractivity contribution < 1.29 is 9.47 Å². The van der Waals surface area contributed by atoms with Crippen LogP contribution in [0.5, 0.6) is 23.0 Å². The van der Waals surface area contributed by atoms with E-state index in [0.29, 0.717) is 0 Å². The molecule has 0 aliphatic carbocycles. The second-order valence-corrected chi connectivity index (χ2v) is 12.4. The fourth-order valence-electron chi connectivity index (χ4n) is 7.54. The predicted molar refractivity (Wildman–Crippen MR) is 199 cm³/mol. The Morgan fingerprint density at radius 1 is 0.271 bits per heavy atom. The fraction of sp³-hybridized carbons (Fsp3) is 0. The molecule has 0 spiro atoms. The molecule has 9 aromatic rings. The third-order valence-electron chi connectivity index (χ3n) is 9.69. The van der Waals surface area contributed by atoms with Crippen molar-refractivity contribution in [3.05, 3.63) is 170 Å². The minimum absolute atomic E-state index is 0.719. The second-order valence-electron chi connectivity index (χ2n) is 12.4. The van der Waals surface area contributed by atoms with E-state index in [2.05, 4.69) is 146 Å². The molecule has 224 valence electrons. The Morgan fingerprint density at radius 3 is 1.35 bits per heavy atom. The van der Waals surface area contributed by atoms with E-state index in [4.69, 9.17) is 9.47 Å². The maximum atomic E-state index is 6.47. The highest BCUT2D eigenvalue weighted by Crippen LogP contribution is 2.50. The quantitative estimate of drug-likeness (QED) is 0.185. The van der Waals surface area contributed by atoms with Crippen molar-refractivity contribution >= 4 is 43.1 Å². The summed E-state index contributed by atoms with van der Waals surface area (Å²) in [5, 5.41) is 9.66. The lowest BCUT2D eigenvalue weighted by Crippen LogP contribution is -1.99. The van der Waals surface area contributed by atoms with Crippen molar-refractivity contribution in [1.29, 1.82) is 0 Å². The third kappa shape index (κ3) is 4.13. The minimum atomic E-state index is 0.719. The summed E-state index contributed by atoms with van der Waals surface area (Å²) in [4.78, 5) is 0. The fourth-order valence-corrected chi connectivity index (χ4v) is 7.54. The highest BCUT2D eigenvalue weighted by atomic mass is 16.6. The largest absolute Gasteiger partial charge is 0.449 e. The molecular formula is C46H28O2. The number of hydrogen-bond donors (Lipinski definition) is 0. The summed E-state index contributed by atoms with van der Waals surface area (Å²) in [6.45, 7) is 0. The SMILES string of the molecule is c1ccc(-c2c3ccccc3c(-c3ccc(-c4ccc5c(c4)Oc4cc6ccccc6cc4O5)c4ccccc34)c3ccccc23)cc1. The Balaban J connectivity index is 1.16. The Labute approximate surface area is 278 Å². The van der Waals surface area contributed by atoms with Crippen LogP contribution in [0.2, 0.25) is 0 Å². The average molecular weight is 613 g/mol. The zero-order chi connectivity index (χ0) is 31.6. The molecule has 10 rings (SSSR count). The molecule has 1 heterocycles. The van der Waals surface area contributed by atoms with Crippen LogP contribution in [0.15, 0.2) is 170 Å². The van der Waals surface area contributed by atoms with Gasteiger partial charge in [-0.3, -0.25) is 0 Å². The molecule has 0 aromatic heterocycles. The zero-order valence-electron chi connectivity index (χ0n) is 26.0. The first-order valence-electron chi connectivity index (χ1n) is 16.3. The van der Waals surface area contributed by atoms with Gasteiger partial charge >= 0.3 is 0 Å². The van der Waals surface area contributed by atoms with Crippen LogP contribution in [0.4, 0.5) is 0 Å². The summed E-state index contributed by atoms with van der Waals surface area (Å²) in [5.74, 6) is 2.91. The molecule has 0 N–H and O–H groups in total. The van der Waals surface area contributed by atoms with E-state index in [9.17, 15) is 0 Å². The molecule has 0 fully saturated rings. The van der Waals surface area contributed by atoms with Gasteiger partial charge in [0.25, 0.3) is 0 Å². The maximum absolute atomic E-state index is 6.47. The lowest BCUT2D eigenvalue weighted by molar-refractivity contribution is 0.360. The van der Waals surface area contributed by atoms with Crippen LogP contribution in [-0.2, 0) is 0 Å². The maximum Gasteiger partial charge on any atom is 0.170 e. The smallest absolute Gasteiger partial charge is 0.170 e. The molecule has 9 aromatic carbocycles. The monoisotopic (exact) mass is 612 g/mol. The van der Waals surface area contributed by atoms with Crippen LogP contribution in [0.25, 0.3) is 76.5 Å². The topological polar surface area (TPSA) is 18.5 Å². The second kappa shape index (κ2) is 10.6. The van der Waals surface area contributed by atoms with Gasteiger partial charge in [0, 0.05) is 0 Å². The lowest BCUT2D eigenvalue weighted by Gasteiger charge is -2.22. The molecule has 0 radical (unpaired) electrons. The van der Waals surface area contributed by atoms with Crippen molar-refractivity contribution in [2.24, 2.45) is 0 Å². The van der Waals surface area contributed by atoms with Crippen LogP contribution < -0.4 is 9.47 Å². The van der Waals surface area contributed by atoms with Crippen LogP contribution in [-0.4, -0.2) is 0 Å². The molecule has 0 saturated heterocycles. The molecule has 48 heavy (non-hydrogen) atoms. The summed E-state index contributed by atoms with van der Waals surface area (Å²) in [6, 6.07) is 60.4. The molecule has 1 aliphatic rings. The third-order valence-corrected chi connectivity index (χ3v) is 9.69. The number of hydrogen-bond acceptors (Lipinski definition) is 2. The van der Waals surface area contributed by atoms with E-state index in [1.807, 2.05) is 24.3 Å². The van der Waals surface area contributed by atoms with Gasteiger partial charge in [-0.2, -0.15) is 0 Å². The number of rotatable bonds is 3. The van der Waals surface area contributed by atoms with Crippen LogP contribution in [0, 0.1) is 0 Å². The van der Waals surface area contributed by atoms with Gasteiger partial charge < -0.3 is 9.47 Å². The molecule has 0 saturated carbocycles. The first kappa shape index (κ1) is 26.8. The lowest BCUT2D eigenvalue weighted by atomic mass is 9.84. The van der Waals surface area contributed by atoms with Crippen molar-refractivity contribution in [3.8, 4) is 56.4 Å². The van der Waals surface area contributed by atoms with Gasteiger partial charge in [0.2, 0.25) is 0 Å². The van der Waals surface area contributed by atoms with Crippen molar-refractivity contribution in [2.45, 2.75) is 0 Å². The van der Waals surface area contributed by atoms with Crippen LogP contribution in [0.3, 0.4) is 0 Å². The Hall–Kier alpha value is -6.38. The van der Waals surface area contributed by atoms with Gasteiger partial charge in [0.15, 0.2) is 23.0 Å². The normalized spacial score (nSPS) is 12.1. The van der Waals surface area contributed by atoms with Gasteiger partial charge in [0.05, 0.1) is 0 Å². The Kier molecular flexibility index (Phi) is 5.91. The van der Waals surface area contributed by atoms with E-state index in [0.717, 1.165) is 44.9 Å². The van der Waals surface area contributed by atoms with Crippen LogP contribution >= 0.6 is 0 Å². The van der Waals surface area contributed by atoms with E-state index in [-0.39, 0.29) is 0 Å². The minimum Gasteiger partial charge on any atom is -0.449 e. The molecule has 0 amide bonds. The standard InChI is InChI=1S/C46H28O2/c1-2-12-29(13-3-1)45-36-18-8-10-20-38(36)46(39-21-11-9-19-37(39)45)40-24-23-33(34-16-6-7-17-35(34)40)32-22-25-41-42(28-32)48-44-27-31-15-5-4-14-30(31)26-43(44)47-41/h1-28H. The van der Waals surface area contributed by atoms with Crippen molar-refractivity contribution in [2.75, 3.05) is 0 Å². The summed E-state index contributed by atoms with van der Waals surface area (Å²) in [7, 11) is 0. The van der Waals surface area contributed by atoms with E-state index in [1.165, 1.54) is 54.6 Å². The number of ether oxygens (including phenoxy) is 2. The predicted octanol–water partition coefficient (Wildman–Crippen LogP) is 13.2. The van der Waals surface area contributed by atoms with Crippen molar-refractivity contribution in [3.63, 3.8) is 0 Å². The van der Waals surface area contributed by atoms with E-state index >= 15 is 0 Å². The first-order chi connectivity index (χ1) is 23.8. The van der Waals surface area contributed by atoms with Crippen molar-refractivity contribution in [1.82, 2.24) is 0 Å². The molecule has 0 bridgehead atoms. The molecule has 2 heteroatoms. The molecule has 0 atom stereocenters. The molecular weight excluding hydrogens is 585 g/mol. The molecule has 1 aliphatic heterocycles. The average Bonchev–Trinajstić information content (AvgIpc) is 3.15. The summed E-state index contributed by atoms with van der Waals surface area (Å²) < 4.78 is 12.8. The van der Waals surface area contributed by atoms with Gasteiger partial charge in [-0.1, -0.05) is 146 Å². The Morgan fingerprint density at radius 2 is 0.729 bits per heavy atom. The number of benzene rings is 9. The van der Waals surface area contributed by atoms with Gasteiger partial charge in [-0.05, 0) is 101 Å². The van der Waals surface area contributed by atoms with Crippen LogP contribution in [0.1, 0.15) is 0 Å². The Bertz CT molecular complexity index is 2670. The van der Waals surface area contributed by atoms with Gasteiger partial charge in [0.1, 0.15) is 0 Å². The van der Waals surface area contributed by atoms with Gasteiger partial charge in [-0.15, -0.1) is 0 Å². The van der Waals surface area contributed by atoms with Gasteiger partial charge in [-0.25, -0.2) is 0 Å². The highest BCUT2D eigenvalue weighted by Gasteiger charge is 2.22. The highest BCUT2D eigenvalue weighted by molar-refractivity contribution is 6.24. The molecule has 0 unspecified atom stereocenters. The summed E-state index contributed by atoms with van der Waals surface area (Å²) in [5.41, 5.74) is 7.22. The number of fused-ring (bicyclic) bond motifs is 6. The molecule has 2 nitrogen and oxygen atoms in total. The summed E-state index contributed by atoms with van der Waals surface area (Å²) in [6.07, 6.45) is 0.